The zero-order valence-electron chi connectivity index (χ0n) is 23.8. The lowest BCUT2D eigenvalue weighted by Gasteiger charge is -2.43. The van der Waals surface area contributed by atoms with E-state index in [1.54, 1.807) is 0 Å². The third-order valence-corrected chi connectivity index (χ3v) is 9.70. The third-order valence-electron chi connectivity index (χ3n) is 9.70. The molecule has 2 aromatic rings. The molecule has 1 N–H and O–H groups in total. The molecule has 1 unspecified atom stereocenters. The largest absolute Gasteiger partial charge is 0.387 e. The lowest BCUT2D eigenvalue weighted by Crippen LogP contribution is -2.45. The number of nitrogens with zero attached hydrogens (tertiary/aromatic N) is 2. The molecule has 0 radical (unpaired) electrons. The Morgan fingerprint density at radius 2 is 1.62 bits per heavy atom. The predicted molar refractivity (Wildman–Crippen MR) is 153 cm³/mol. The fourth-order valence-corrected chi connectivity index (χ4v) is 7.42. The van der Waals surface area contributed by atoms with Gasteiger partial charge in [0, 0.05) is 55.9 Å². The van der Waals surface area contributed by atoms with Gasteiger partial charge in [-0.15, -0.1) is 0 Å². The van der Waals surface area contributed by atoms with Crippen molar-refractivity contribution in [3.8, 4) is 11.1 Å². The number of hydrogen-bond donors (Lipinski definition) is 1. The van der Waals surface area contributed by atoms with E-state index in [0.29, 0.717) is 5.92 Å². The molecule has 2 fully saturated rings. The molecule has 1 saturated heterocycles. The van der Waals surface area contributed by atoms with Gasteiger partial charge in [-0.25, -0.2) is 0 Å². The van der Waals surface area contributed by atoms with Crippen LogP contribution >= 0.6 is 0 Å². The van der Waals surface area contributed by atoms with Crippen molar-refractivity contribution in [2.75, 3.05) is 37.5 Å². The quantitative estimate of drug-likeness (QED) is 0.442. The van der Waals surface area contributed by atoms with Crippen molar-refractivity contribution in [1.29, 1.82) is 0 Å². The van der Waals surface area contributed by atoms with E-state index in [9.17, 15) is 0 Å². The Kier molecular flexibility index (Phi) is 7.83. The number of anilines is 2. The van der Waals surface area contributed by atoms with Crippen molar-refractivity contribution < 1.29 is 9.47 Å². The maximum atomic E-state index is 6.51. The summed E-state index contributed by atoms with van der Waals surface area (Å²) in [6.45, 7) is 11.0. The molecule has 1 aromatic carbocycles. The number of rotatable bonds is 5. The highest BCUT2D eigenvalue weighted by Crippen LogP contribution is 2.51. The van der Waals surface area contributed by atoms with Crippen LogP contribution in [0.3, 0.4) is 0 Å². The average Bonchev–Trinajstić information content (AvgIpc) is 3.08. The molecule has 1 aliphatic heterocycles. The monoisotopic (exact) mass is 505 g/mol. The Labute approximate surface area is 224 Å². The zero-order valence-corrected chi connectivity index (χ0v) is 23.8. The minimum Gasteiger partial charge on any atom is -0.387 e. The van der Waals surface area contributed by atoms with Gasteiger partial charge in [0.2, 0.25) is 0 Å². The van der Waals surface area contributed by atoms with Crippen LogP contribution in [0.4, 0.5) is 11.4 Å². The Morgan fingerprint density at radius 3 is 2.22 bits per heavy atom. The van der Waals surface area contributed by atoms with Crippen LogP contribution in [0.5, 0.6) is 0 Å². The number of benzene rings is 1. The molecule has 0 amide bonds. The van der Waals surface area contributed by atoms with E-state index in [4.69, 9.17) is 14.5 Å². The summed E-state index contributed by atoms with van der Waals surface area (Å²) in [6, 6.07) is 9.02. The fraction of sp³-hybridized carbons (Fsp3) is 0.656. The molecule has 1 saturated carbocycles. The van der Waals surface area contributed by atoms with Gasteiger partial charge in [0.05, 0.1) is 17.9 Å². The van der Waals surface area contributed by atoms with Gasteiger partial charge in [-0.2, -0.15) is 0 Å². The van der Waals surface area contributed by atoms with Gasteiger partial charge >= 0.3 is 0 Å². The van der Waals surface area contributed by atoms with Crippen molar-refractivity contribution in [2.45, 2.75) is 90.4 Å². The number of aromatic nitrogens is 1. The van der Waals surface area contributed by atoms with E-state index in [1.165, 1.54) is 59.4 Å². The average molecular weight is 506 g/mol. The lowest BCUT2D eigenvalue weighted by molar-refractivity contribution is -0.0858. The fourth-order valence-electron chi connectivity index (χ4n) is 7.42. The number of methoxy groups -OCH3 is 1. The maximum Gasteiger partial charge on any atom is 0.113 e. The molecule has 0 spiro atoms. The molecule has 5 rings (SSSR count). The summed E-state index contributed by atoms with van der Waals surface area (Å²) in [5.41, 5.74) is 7.17. The van der Waals surface area contributed by atoms with Crippen LogP contribution in [0.15, 0.2) is 30.5 Å². The minimum absolute atomic E-state index is 0.255. The minimum atomic E-state index is -0.269. The van der Waals surface area contributed by atoms with Gasteiger partial charge in [0.15, 0.2) is 0 Å². The molecule has 5 nitrogen and oxygen atoms in total. The van der Waals surface area contributed by atoms with E-state index < -0.39 is 0 Å². The standard InChI is InChI=1S/C32H47N3O2/c1-21-9-13-26(14-10-22(21)2)32(36-6)17-7-8-28-30(33-5)29(18-34-31(28)32)25-11-15-27(16-12-25)35-19-23(3)37-24(4)20-35/h11-12,15-16,18,21-24,26H,7-10,13-14,17,19-20H2,1-6H3,(H,33,34)/t21-,22+,23-,24+,26?,32-/m0/s1. The van der Waals surface area contributed by atoms with Gasteiger partial charge in [0.1, 0.15) is 5.60 Å². The summed E-state index contributed by atoms with van der Waals surface area (Å²) < 4.78 is 12.4. The summed E-state index contributed by atoms with van der Waals surface area (Å²) in [5, 5.41) is 3.58. The summed E-state index contributed by atoms with van der Waals surface area (Å²) in [6.07, 6.45) is 10.9. The number of ether oxygens (including phenoxy) is 2. The topological polar surface area (TPSA) is 46.6 Å². The Balaban J connectivity index is 1.47. The lowest BCUT2D eigenvalue weighted by atomic mass is 9.70. The second-order valence-electron chi connectivity index (χ2n) is 12.1. The Hall–Kier alpha value is -2.11. The summed E-state index contributed by atoms with van der Waals surface area (Å²) >= 11 is 0. The van der Waals surface area contributed by atoms with Gasteiger partial charge in [-0.05, 0) is 81.4 Å². The third kappa shape index (κ3) is 5.02. The molecular formula is C32H47N3O2. The highest BCUT2D eigenvalue weighted by molar-refractivity contribution is 5.81. The van der Waals surface area contributed by atoms with E-state index in [0.717, 1.165) is 44.2 Å². The molecule has 202 valence electrons. The number of hydrogen-bond acceptors (Lipinski definition) is 5. The van der Waals surface area contributed by atoms with Crippen LogP contribution in [0, 0.1) is 17.8 Å². The van der Waals surface area contributed by atoms with Crippen LogP contribution in [-0.4, -0.2) is 44.4 Å². The molecule has 6 atom stereocenters. The molecular weight excluding hydrogens is 458 g/mol. The van der Waals surface area contributed by atoms with Gasteiger partial charge in [0.25, 0.3) is 0 Å². The van der Waals surface area contributed by atoms with Crippen LogP contribution in [-0.2, 0) is 21.5 Å². The van der Waals surface area contributed by atoms with E-state index in [1.807, 2.05) is 7.11 Å². The van der Waals surface area contributed by atoms with Crippen molar-refractivity contribution >= 4 is 11.4 Å². The van der Waals surface area contributed by atoms with Crippen LogP contribution in [0.2, 0.25) is 0 Å². The zero-order chi connectivity index (χ0) is 26.2. The highest BCUT2D eigenvalue weighted by Gasteiger charge is 2.46. The molecule has 0 bridgehead atoms. The van der Waals surface area contributed by atoms with Gasteiger partial charge in [-0.3, -0.25) is 4.98 Å². The van der Waals surface area contributed by atoms with Crippen molar-refractivity contribution in [1.82, 2.24) is 4.98 Å². The van der Waals surface area contributed by atoms with Gasteiger partial charge < -0.3 is 19.7 Å². The molecule has 37 heavy (non-hydrogen) atoms. The summed E-state index contributed by atoms with van der Waals surface area (Å²) in [7, 11) is 3.98. The maximum absolute atomic E-state index is 6.51. The predicted octanol–water partition coefficient (Wildman–Crippen LogP) is 7.04. The Morgan fingerprint density at radius 1 is 0.973 bits per heavy atom. The second-order valence-corrected chi connectivity index (χ2v) is 12.1. The molecule has 5 heteroatoms. The van der Waals surface area contributed by atoms with Crippen molar-refractivity contribution in [3.63, 3.8) is 0 Å². The van der Waals surface area contributed by atoms with E-state index >= 15 is 0 Å². The van der Waals surface area contributed by atoms with Crippen LogP contribution < -0.4 is 10.2 Å². The van der Waals surface area contributed by atoms with Crippen molar-refractivity contribution in [2.24, 2.45) is 17.8 Å². The molecule has 3 aliphatic rings. The molecule has 2 heterocycles. The molecule has 2 aliphatic carbocycles. The number of pyridine rings is 1. The van der Waals surface area contributed by atoms with Crippen LogP contribution in [0.1, 0.15) is 77.5 Å². The first-order valence-corrected chi connectivity index (χ1v) is 14.6. The first-order chi connectivity index (χ1) is 17.9. The number of fused-ring (bicyclic) bond motifs is 1. The number of nitrogens with one attached hydrogen (secondary N) is 1. The summed E-state index contributed by atoms with van der Waals surface area (Å²) in [4.78, 5) is 7.65. The van der Waals surface area contributed by atoms with Crippen LogP contribution in [0.25, 0.3) is 11.1 Å². The number of morpholine rings is 1. The van der Waals surface area contributed by atoms with E-state index in [-0.39, 0.29) is 17.8 Å². The first-order valence-electron chi connectivity index (χ1n) is 14.6. The Bertz CT molecular complexity index is 1050. The van der Waals surface area contributed by atoms with E-state index in [2.05, 4.69) is 75.4 Å². The first kappa shape index (κ1) is 26.5. The normalized spacial score (nSPS) is 32.5. The highest BCUT2D eigenvalue weighted by atomic mass is 16.5. The molecule has 1 aromatic heterocycles. The smallest absolute Gasteiger partial charge is 0.113 e. The van der Waals surface area contributed by atoms with Crippen molar-refractivity contribution in [3.05, 3.63) is 41.7 Å². The van der Waals surface area contributed by atoms with Gasteiger partial charge in [-0.1, -0.05) is 38.8 Å². The second kappa shape index (κ2) is 10.9. The SMILES string of the molecule is CNc1c(-c2ccc(N3C[C@@H](C)O[C@@H](C)C3)cc2)cnc2c1CCC[C@]2(OC)C1CC[C@@H](C)[C@@H](C)CC1. The summed E-state index contributed by atoms with van der Waals surface area (Å²) in [5.74, 6) is 2.11.